The van der Waals surface area contributed by atoms with Crippen LogP contribution in [-0.2, 0) is 0 Å². The summed E-state index contributed by atoms with van der Waals surface area (Å²) in [7, 11) is 2.19. The van der Waals surface area contributed by atoms with Gasteiger partial charge in [0.25, 0.3) is 0 Å². The van der Waals surface area contributed by atoms with Crippen molar-refractivity contribution in [3.05, 3.63) is 78.0 Å². The highest BCUT2D eigenvalue weighted by atomic mass is 15.1. The molecule has 1 nitrogen and oxygen atoms in total. The normalized spacial score (nSPS) is 11.8. The van der Waals surface area contributed by atoms with Gasteiger partial charge in [0.2, 0.25) is 6.71 Å². The second-order valence-electron chi connectivity index (χ2n) is 6.92. The summed E-state index contributed by atoms with van der Waals surface area (Å²) in [5.41, 5.74) is 6.76. The largest absolute Gasteiger partial charge is 0.349 e. The van der Waals surface area contributed by atoms with Gasteiger partial charge in [-0.2, -0.15) is 0 Å². The molecule has 0 bridgehead atoms. The molecule has 0 heterocycles. The molecule has 0 aliphatic heterocycles. The number of unbranched alkanes of at least 4 members (excludes halogenated alkanes) is 1. The molecule has 0 aromatic heterocycles. The molecule has 0 N–H and O–H groups in total. The van der Waals surface area contributed by atoms with Crippen molar-refractivity contribution in [3.8, 4) is 0 Å². The molecule has 0 aliphatic rings. The highest BCUT2D eigenvalue weighted by molar-refractivity contribution is 6.85. The monoisotopic (exact) mass is 345 g/mol. The molecular formula is C24H32BN. The molecule has 0 unspecified atom stereocenters. The van der Waals surface area contributed by atoms with Gasteiger partial charge in [-0.15, -0.1) is 0 Å². The molecule has 0 saturated heterocycles. The highest BCUT2D eigenvalue weighted by Crippen LogP contribution is 2.18. The van der Waals surface area contributed by atoms with Crippen LogP contribution in [0.3, 0.4) is 0 Å². The molecule has 0 aliphatic carbocycles. The van der Waals surface area contributed by atoms with Crippen LogP contribution in [0.2, 0.25) is 6.82 Å². The van der Waals surface area contributed by atoms with E-state index >= 15 is 0 Å². The van der Waals surface area contributed by atoms with Gasteiger partial charge in [0.15, 0.2) is 0 Å². The number of hydrogen-bond donors (Lipinski definition) is 0. The predicted molar refractivity (Wildman–Crippen MR) is 119 cm³/mol. The lowest BCUT2D eigenvalue weighted by Gasteiger charge is -2.27. The van der Waals surface area contributed by atoms with E-state index in [4.69, 9.17) is 0 Å². The van der Waals surface area contributed by atoms with Crippen molar-refractivity contribution in [1.29, 1.82) is 0 Å². The van der Waals surface area contributed by atoms with Crippen LogP contribution in [0.1, 0.15) is 38.7 Å². The standard InChI is InChI=1S/C24H32BN/c1-6-8-9-10-16-21(7-2)26(5)24-19-14-13-18-23(24)25(4)22-17-12-11-15-20(22)3/h9-19H,6-8H2,1-5H3/b10-9-,21-16+. The van der Waals surface area contributed by atoms with Crippen molar-refractivity contribution in [3.63, 3.8) is 0 Å². The second-order valence-corrected chi connectivity index (χ2v) is 6.92. The first-order valence-electron chi connectivity index (χ1n) is 9.84. The van der Waals surface area contributed by atoms with Gasteiger partial charge in [-0.05, 0) is 31.9 Å². The Morgan fingerprint density at radius 1 is 1.00 bits per heavy atom. The third-order valence-corrected chi connectivity index (χ3v) is 5.09. The molecule has 0 spiro atoms. The van der Waals surface area contributed by atoms with E-state index in [0.29, 0.717) is 6.71 Å². The molecule has 0 amide bonds. The SMILES string of the molecule is CCC/C=C\C=C(/CC)N(C)c1ccccc1B(C)c1ccccc1C. The first-order chi connectivity index (χ1) is 12.6. The Morgan fingerprint density at radius 2 is 1.65 bits per heavy atom. The molecule has 0 radical (unpaired) electrons. The first-order valence-corrected chi connectivity index (χ1v) is 9.84. The molecule has 0 saturated carbocycles. The summed E-state index contributed by atoms with van der Waals surface area (Å²) >= 11 is 0. The molecule has 2 aromatic rings. The number of benzene rings is 2. The van der Waals surface area contributed by atoms with Crippen LogP contribution in [0, 0.1) is 6.92 Å². The zero-order valence-corrected chi connectivity index (χ0v) is 17.0. The topological polar surface area (TPSA) is 3.24 Å². The number of rotatable bonds is 8. The van der Waals surface area contributed by atoms with E-state index in [2.05, 4.69) is 106 Å². The van der Waals surface area contributed by atoms with Gasteiger partial charge in [-0.1, -0.05) is 98.2 Å². The van der Waals surface area contributed by atoms with Gasteiger partial charge in [-0.25, -0.2) is 0 Å². The summed E-state index contributed by atoms with van der Waals surface area (Å²) in [5, 5.41) is 0. The Bertz CT molecular complexity index is 760. The third kappa shape index (κ3) is 4.91. The number of hydrogen-bond acceptors (Lipinski definition) is 1. The number of para-hydroxylation sites is 1. The molecule has 26 heavy (non-hydrogen) atoms. The molecule has 2 heteroatoms. The van der Waals surface area contributed by atoms with Crippen LogP contribution in [0.15, 0.2) is 72.5 Å². The Kier molecular flexibility index (Phi) is 7.78. The zero-order valence-electron chi connectivity index (χ0n) is 17.0. The Hall–Kier alpha value is -2.22. The predicted octanol–water partition coefficient (Wildman–Crippen LogP) is 5.32. The van der Waals surface area contributed by atoms with Crippen LogP contribution >= 0.6 is 0 Å². The maximum atomic E-state index is 2.35. The molecule has 2 rings (SSSR count). The van der Waals surface area contributed by atoms with Crippen molar-refractivity contribution in [2.24, 2.45) is 0 Å². The third-order valence-electron chi connectivity index (χ3n) is 5.09. The van der Waals surface area contributed by atoms with Crippen molar-refractivity contribution in [1.82, 2.24) is 0 Å². The van der Waals surface area contributed by atoms with E-state index in [1.807, 2.05) is 0 Å². The zero-order chi connectivity index (χ0) is 18.9. The van der Waals surface area contributed by atoms with E-state index in [1.54, 1.807) is 0 Å². The number of allylic oxidation sites excluding steroid dienone is 4. The lowest BCUT2D eigenvalue weighted by molar-refractivity contribution is 0.955. The van der Waals surface area contributed by atoms with Crippen LogP contribution in [0.5, 0.6) is 0 Å². The lowest BCUT2D eigenvalue weighted by Crippen LogP contribution is -2.43. The van der Waals surface area contributed by atoms with E-state index in [9.17, 15) is 0 Å². The van der Waals surface area contributed by atoms with Crippen molar-refractivity contribution >= 4 is 23.3 Å². The molecule has 0 atom stereocenters. The molecule has 136 valence electrons. The minimum absolute atomic E-state index is 0.364. The summed E-state index contributed by atoms with van der Waals surface area (Å²) in [6.07, 6.45) is 10.1. The van der Waals surface area contributed by atoms with E-state index in [1.165, 1.54) is 34.3 Å². The van der Waals surface area contributed by atoms with Crippen molar-refractivity contribution in [2.75, 3.05) is 11.9 Å². The fourth-order valence-electron chi connectivity index (χ4n) is 3.46. The minimum Gasteiger partial charge on any atom is -0.349 e. The van der Waals surface area contributed by atoms with Gasteiger partial charge in [0, 0.05) is 18.4 Å². The van der Waals surface area contributed by atoms with Gasteiger partial charge in [0.1, 0.15) is 0 Å². The van der Waals surface area contributed by atoms with Gasteiger partial charge >= 0.3 is 0 Å². The van der Waals surface area contributed by atoms with Gasteiger partial charge in [0.05, 0.1) is 0 Å². The summed E-state index contributed by atoms with van der Waals surface area (Å²) in [6, 6.07) is 17.5. The number of nitrogens with zero attached hydrogens (tertiary/aromatic N) is 1. The smallest absolute Gasteiger partial charge is 0.209 e. The minimum atomic E-state index is 0.364. The summed E-state index contributed by atoms with van der Waals surface area (Å²) in [4.78, 5) is 2.35. The fraction of sp³-hybridized carbons (Fsp3) is 0.333. The quantitative estimate of drug-likeness (QED) is 0.462. The maximum absolute atomic E-state index is 2.35. The van der Waals surface area contributed by atoms with Gasteiger partial charge in [-0.3, -0.25) is 0 Å². The Balaban J connectivity index is 2.37. The van der Waals surface area contributed by atoms with Crippen molar-refractivity contribution < 1.29 is 0 Å². The average Bonchev–Trinajstić information content (AvgIpc) is 2.67. The first kappa shape index (κ1) is 20.1. The lowest BCUT2D eigenvalue weighted by atomic mass is 9.41. The number of aryl methyl sites for hydroxylation is 1. The van der Waals surface area contributed by atoms with Gasteiger partial charge < -0.3 is 4.90 Å². The average molecular weight is 345 g/mol. The van der Waals surface area contributed by atoms with Crippen molar-refractivity contribution in [2.45, 2.75) is 46.9 Å². The highest BCUT2D eigenvalue weighted by Gasteiger charge is 2.20. The second kappa shape index (κ2) is 10.1. The van der Waals surface area contributed by atoms with Crippen LogP contribution in [-0.4, -0.2) is 13.8 Å². The Morgan fingerprint density at radius 3 is 2.31 bits per heavy atom. The molecule has 0 fully saturated rings. The van der Waals surface area contributed by atoms with Crippen LogP contribution in [0.25, 0.3) is 0 Å². The van der Waals surface area contributed by atoms with E-state index < -0.39 is 0 Å². The van der Waals surface area contributed by atoms with E-state index in [0.717, 1.165) is 12.8 Å². The summed E-state index contributed by atoms with van der Waals surface area (Å²) < 4.78 is 0. The Labute approximate surface area is 160 Å². The van der Waals surface area contributed by atoms with Crippen LogP contribution < -0.4 is 15.8 Å². The maximum Gasteiger partial charge on any atom is 0.209 e. The summed E-state index contributed by atoms with van der Waals surface area (Å²) in [5.74, 6) is 0. The van der Waals surface area contributed by atoms with Crippen LogP contribution in [0.4, 0.5) is 5.69 Å². The fourth-order valence-corrected chi connectivity index (χ4v) is 3.46. The number of anilines is 1. The van der Waals surface area contributed by atoms with E-state index in [-0.39, 0.29) is 0 Å². The molecular weight excluding hydrogens is 313 g/mol. The molecule has 2 aromatic carbocycles. The summed E-state index contributed by atoms with van der Waals surface area (Å²) in [6.45, 7) is 9.32.